The van der Waals surface area contributed by atoms with Gasteiger partial charge in [0.05, 0.1) is 5.69 Å². The number of phenolic OH excluding ortho intramolecular Hbond substituents is 1. The Labute approximate surface area is 70.8 Å². The van der Waals surface area contributed by atoms with Crippen LogP contribution < -0.4 is 4.72 Å². The smallest absolute Gasteiger partial charge is 0.139 e. The summed E-state index contributed by atoms with van der Waals surface area (Å²) in [6.45, 7) is 1.99. The lowest BCUT2D eigenvalue weighted by molar-refractivity contribution is 0.478. The number of aromatic hydroxyl groups is 1. The van der Waals surface area contributed by atoms with E-state index in [1.807, 2.05) is 25.3 Å². The molecular weight excluding hydrogens is 158 g/mol. The quantitative estimate of drug-likeness (QED) is 0.526. The van der Waals surface area contributed by atoms with Gasteiger partial charge in [-0.25, -0.2) is 0 Å². The Bertz CT molecular complexity index is 250. The van der Waals surface area contributed by atoms with E-state index in [1.165, 1.54) is 11.9 Å². The summed E-state index contributed by atoms with van der Waals surface area (Å²) in [5.74, 6) is 0.296. The monoisotopic (exact) mass is 169 g/mol. The van der Waals surface area contributed by atoms with E-state index < -0.39 is 0 Å². The minimum Gasteiger partial charge on any atom is -0.506 e. The minimum atomic E-state index is 0.296. The van der Waals surface area contributed by atoms with Gasteiger partial charge in [0.25, 0.3) is 0 Å². The fourth-order valence-corrected chi connectivity index (χ4v) is 1.22. The summed E-state index contributed by atoms with van der Waals surface area (Å²) in [6.07, 6.45) is 1.92. The first-order valence-electron chi connectivity index (χ1n) is 3.32. The molecule has 0 aliphatic carbocycles. The second-order valence-corrected chi connectivity index (χ2v) is 2.94. The fourth-order valence-electron chi connectivity index (χ4n) is 0.842. The highest BCUT2D eigenvalue weighted by molar-refractivity contribution is 7.99. The Hall–Kier alpha value is -0.830. The van der Waals surface area contributed by atoms with Gasteiger partial charge in [-0.1, -0.05) is 18.0 Å². The molecule has 3 heteroatoms. The molecule has 2 nitrogen and oxygen atoms in total. The van der Waals surface area contributed by atoms with E-state index in [0.717, 1.165) is 11.3 Å². The molecule has 0 bridgehead atoms. The standard InChI is InChI=1S/C8H11NOS/c1-6-3-4-8(10)7(5-6)9-11-2/h3-5,9-10H,1-2H3. The molecule has 1 aromatic carbocycles. The van der Waals surface area contributed by atoms with Crippen molar-refractivity contribution in [1.29, 1.82) is 0 Å². The van der Waals surface area contributed by atoms with Crippen LogP contribution in [0, 0.1) is 6.92 Å². The van der Waals surface area contributed by atoms with Gasteiger partial charge in [-0.2, -0.15) is 0 Å². The summed E-state index contributed by atoms with van der Waals surface area (Å²) in [4.78, 5) is 0. The van der Waals surface area contributed by atoms with Crippen molar-refractivity contribution in [3.63, 3.8) is 0 Å². The first-order chi connectivity index (χ1) is 5.24. The maximum atomic E-state index is 9.29. The van der Waals surface area contributed by atoms with Crippen molar-refractivity contribution in [3.05, 3.63) is 23.8 Å². The van der Waals surface area contributed by atoms with Crippen LogP contribution in [0.2, 0.25) is 0 Å². The number of hydrogen-bond acceptors (Lipinski definition) is 3. The minimum absolute atomic E-state index is 0.296. The summed E-state index contributed by atoms with van der Waals surface area (Å²) >= 11 is 1.47. The predicted octanol–water partition coefficient (Wildman–Crippen LogP) is 2.39. The van der Waals surface area contributed by atoms with Gasteiger partial charge in [0, 0.05) is 6.26 Å². The van der Waals surface area contributed by atoms with Crippen molar-refractivity contribution in [2.24, 2.45) is 0 Å². The second-order valence-electron chi connectivity index (χ2n) is 2.33. The first kappa shape index (κ1) is 8.27. The molecule has 0 atom stereocenters. The molecule has 60 valence electrons. The Morgan fingerprint density at radius 2 is 2.18 bits per heavy atom. The van der Waals surface area contributed by atoms with Crippen LogP contribution in [-0.4, -0.2) is 11.4 Å². The van der Waals surface area contributed by atoms with E-state index in [4.69, 9.17) is 0 Å². The lowest BCUT2D eigenvalue weighted by Crippen LogP contribution is -1.85. The van der Waals surface area contributed by atoms with Gasteiger partial charge in [0.2, 0.25) is 0 Å². The topological polar surface area (TPSA) is 32.3 Å². The highest BCUT2D eigenvalue weighted by Crippen LogP contribution is 2.25. The van der Waals surface area contributed by atoms with Crippen molar-refractivity contribution in [3.8, 4) is 5.75 Å². The van der Waals surface area contributed by atoms with E-state index in [-0.39, 0.29) is 0 Å². The number of rotatable bonds is 2. The summed E-state index contributed by atoms with van der Waals surface area (Å²) < 4.78 is 2.98. The second kappa shape index (κ2) is 3.53. The Morgan fingerprint density at radius 1 is 1.45 bits per heavy atom. The van der Waals surface area contributed by atoms with Gasteiger partial charge in [-0.15, -0.1) is 0 Å². The van der Waals surface area contributed by atoms with Crippen LogP contribution >= 0.6 is 11.9 Å². The number of phenols is 1. The molecule has 0 amide bonds. The van der Waals surface area contributed by atoms with Gasteiger partial charge in [-0.3, -0.25) is 0 Å². The molecule has 1 aromatic rings. The number of nitrogens with one attached hydrogen (secondary N) is 1. The Morgan fingerprint density at radius 3 is 2.82 bits per heavy atom. The summed E-state index contributed by atoms with van der Waals surface area (Å²) in [5.41, 5.74) is 1.91. The van der Waals surface area contributed by atoms with Gasteiger partial charge in [-0.05, 0) is 24.6 Å². The zero-order valence-electron chi connectivity index (χ0n) is 6.59. The van der Waals surface area contributed by atoms with Crippen LogP contribution in [0.3, 0.4) is 0 Å². The van der Waals surface area contributed by atoms with Gasteiger partial charge in [0.15, 0.2) is 0 Å². The van der Waals surface area contributed by atoms with Crippen molar-refractivity contribution < 1.29 is 5.11 Å². The average Bonchev–Trinajstić information content (AvgIpc) is 1.98. The van der Waals surface area contributed by atoms with E-state index >= 15 is 0 Å². The Kier molecular flexibility index (Phi) is 2.65. The molecule has 0 saturated carbocycles. The lowest BCUT2D eigenvalue weighted by atomic mass is 10.2. The normalized spacial score (nSPS) is 9.64. The van der Waals surface area contributed by atoms with E-state index in [9.17, 15) is 5.11 Å². The van der Waals surface area contributed by atoms with Gasteiger partial charge < -0.3 is 9.83 Å². The third-order valence-corrected chi connectivity index (χ3v) is 1.79. The fraction of sp³-hybridized carbons (Fsp3) is 0.250. The number of benzene rings is 1. The van der Waals surface area contributed by atoms with E-state index in [0.29, 0.717) is 5.75 Å². The maximum absolute atomic E-state index is 9.29. The molecule has 0 spiro atoms. The van der Waals surface area contributed by atoms with Gasteiger partial charge in [0.1, 0.15) is 5.75 Å². The molecule has 0 aromatic heterocycles. The van der Waals surface area contributed by atoms with E-state index in [1.54, 1.807) is 6.07 Å². The zero-order chi connectivity index (χ0) is 8.27. The highest BCUT2D eigenvalue weighted by atomic mass is 32.2. The average molecular weight is 169 g/mol. The molecule has 0 heterocycles. The number of aryl methyl sites for hydroxylation is 1. The predicted molar refractivity (Wildman–Crippen MR) is 50.0 cm³/mol. The highest BCUT2D eigenvalue weighted by Gasteiger charge is 1.97. The van der Waals surface area contributed by atoms with Crippen LogP contribution in [0.1, 0.15) is 5.56 Å². The molecule has 0 radical (unpaired) electrons. The molecule has 11 heavy (non-hydrogen) atoms. The molecule has 0 unspecified atom stereocenters. The number of hydrogen-bond donors (Lipinski definition) is 2. The summed E-state index contributed by atoms with van der Waals surface area (Å²) in [6, 6.07) is 5.47. The van der Waals surface area contributed by atoms with Crippen LogP contribution in [0.4, 0.5) is 5.69 Å². The third-order valence-electron chi connectivity index (χ3n) is 1.36. The number of anilines is 1. The SMILES string of the molecule is CSNc1cc(C)ccc1O. The largest absolute Gasteiger partial charge is 0.506 e. The molecular formula is C8H11NOS. The molecule has 0 saturated heterocycles. The van der Waals surface area contributed by atoms with Crippen molar-refractivity contribution in [2.75, 3.05) is 11.0 Å². The van der Waals surface area contributed by atoms with Crippen LogP contribution in [0.5, 0.6) is 5.75 Å². The zero-order valence-corrected chi connectivity index (χ0v) is 7.40. The molecule has 1 rings (SSSR count). The summed E-state index contributed by atoms with van der Waals surface area (Å²) in [7, 11) is 0. The Balaban J connectivity index is 2.93. The molecule has 0 aliphatic heterocycles. The third kappa shape index (κ3) is 2.05. The summed E-state index contributed by atoms with van der Waals surface area (Å²) in [5, 5.41) is 9.29. The maximum Gasteiger partial charge on any atom is 0.139 e. The van der Waals surface area contributed by atoms with Crippen LogP contribution in [-0.2, 0) is 0 Å². The van der Waals surface area contributed by atoms with Crippen LogP contribution in [0.15, 0.2) is 18.2 Å². The van der Waals surface area contributed by atoms with Gasteiger partial charge >= 0.3 is 0 Å². The van der Waals surface area contributed by atoms with E-state index in [2.05, 4.69) is 4.72 Å². The van der Waals surface area contributed by atoms with Crippen molar-refractivity contribution in [1.82, 2.24) is 0 Å². The first-order valence-corrected chi connectivity index (χ1v) is 4.55. The van der Waals surface area contributed by atoms with Crippen molar-refractivity contribution >= 4 is 17.6 Å². The molecule has 0 fully saturated rings. The van der Waals surface area contributed by atoms with Crippen molar-refractivity contribution in [2.45, 2.75) is 6.92 Å². The van der Waals surface area contributed by atoms with Crippen LogP contribution in [0.25, 0.3) is 0 Å². The molecule has 2 N–H and O–H groups in total. The molecule has 0 aliphatic rings. The lowest BCUT2D eigenvalue weighted by Gasteiger charge is -2.04.